The first kappa shape index (κ1) is 13.2. The van der Waals surface area contributed by atoms with Gasteiger partial charge in [-0.3, -0.25) is 9.78 Å². The molecule has 0 saturated carbocycles. The van der Waals surface area contributed by atoms with Crippen molar-refractivity contribution in [3.63, 3.8) is 0 Å². The number of pyridine rings is 1. The minimum Gasteiger partial charge on any atom is -0.478 e. The largest absolute Gasteiger partial charge is 0.478 e. The Morgan fingerprint density at radius 1 is 1.29 bits per heavy atom. The molecule has 5 heteroatoms. The summed E-state index contributed by atoms with van der Waals surface area (Å²) in [5, 5.41) is 11.4. The highest BCUT2D eigenvalue weighted by atomic mass is 16.4. The average molecular weight is 236 g/mol. The van der Waals surface area contributed by atoms with Crippen molar-refractivity contribution in [2.75, 3.05) is 5.32 Å². The SMILES string of the molecule is CC(C)C(C)C(=O)Nc1cncc(C(=O)O)c1. The number of hydrogen-bond acceptors (Lipinski definition) is 3. The molecule has 0 spiro atoms. The Morgan fingerprint density at radius 2 is 1.94 bits per heavy atom. The Bertz CT molecular complexity index is 430. The maximum atomic E-state index is 11.7. The van der Waals surface area contributed by atoms with E-state index in [1.165, 1.54) is 18.5 Å². The standard InChI is InChI=1S/C12H16N2O3/c1-7(2)8(3)11(15)14-10-4-9(12(16)17)5-13-6-10/h4-8H,1-3H3,(H,14,15)(H,16,17). The second-order valence-corrected chi connectivity index (χ2v) is 4.29. The molecule has 17 heavy (non-hydrogen) atoms. The van der Waals surface area contributed by atoms with Gasteiger partial charge in [0.1, 0.15) is 0 Å². The van der Waals surface area contributed by atoms with E-state index < -0.39 is 5.97 Å². The maximum absolute atomic E-state index is 11.7. The van der Waals surface area contributed by atoms with Gasteiger partial charge in [-0.25, -0.2) is 4.79 Å². The normalized spacial score (nSPS) is 12.2. The number of hydrogen-bond donors (Lipinski definition) is 2. The molecule has 1 amide bonds. The van der Waals surface area contributed by atoms with E-state index in [1.807, 2.05) is 20.8 Å². The summed E-state index contributed by atoms with van der Waals surface area (Å²) in [5.74, 6) is -1.11. The second kappa shape index (κ2) is 5.43. The van der Waals surface area contributed by atoms with Crippen LogP contribution in [-0.4, -0.2) is 22.0 Å². The Kier molecular flexibility index (Phi) is 4.20. The number of carbonyl (C=O) groups excluding carboxylic acids is 1. The van der Waals surface area contributed by atoms with Crippen molar-refractivity contribution in [2.24, 2.45) is 11.8 Å². The first-order valence-electron chi connectivity index (χ1n) is 5.41. The Balaban J connectivity index is 2.78. The summed E-state index contributed by atoms with van der Waals surface area (Å²) in [7, 11) is 0. The smallest absolute Gasteiger partial charge is 0.337 e. The van der Waals surface area contributed by atoms with E-state index in [9.17, 15) is 9.59 Å². The lowest BCUT2D eigenvalue weighted by atomic mass is 9.97. The van der Waals surface area contributed by atoms with E-state index in [1.54, 1.807) is 0 Å². The first-order valence-corrected chi connectivity index (χ1v) is 5.41. The molecule has 0 aliphatic carbocycles. The zero-order chi connectivity index (χ0) is 13.0. The fourth-order valence-corrected chi connectivity index (χ4v) is 1.18. The highest BCUT2D eigenvalue weighted by Gasteiger charge is 2.17. The van der Waals surface area contributed by atoms with Gasteiger partial charge in [-0.1, -0.05) is 20.8 Å². The van der Waals surface area contributed by atoms with E-state index in [0.717, 1.165) is 0 Å². The van der Waals surface area contributed by atoms with Gasteiger partial charge in [0.05, 0.1) is 17.4 Å². The number of rotatable bonds is 4. The van der Waals surface area contributed by atoms with Gasteiger partial charge in [-0.15, -0.1) is 0 Å². The molecule has 1 aromatic heterocycles. The van der Waals surface area contributed by atoms with E-state index in [2.05, 4.69) is 10.3 Å². The van der Waals surface area contributed by atoms with Crippen molar-refractivity contribution in [1.82, 2.24) is 4.98 Å². The Morgan fingerprint density at radius 3 is 2.47 bits per heavy atom. The third-order valence-electron chi connectivity index (χ3n) is 2.67. The van der Waals surface area contributed by atoms with Crippen LogP contribution in [0.2, 0.25) is 0 Å². The zero-order valence-corrected chi connectivity index (χ0v) is 10.1. The van der Waals surface area contributed by atoms with Crippen LogP contribution in [0.5, 0.6) is 0 Å². The fraction of sp³-hybridized carbons (Fsp3) is 0.417. The molecular weight excluding hydrogens is 220 g/mol. The number of nitrogens with zero attached hydrogens (tertiary/aromatic N) is 1. The molecule has 1 unspecified atom stereocenters. The van der Waals surface area contributed by atoms with Gasteiger partial charge in [-0.2, -0.15) is 0 Å². The van der Waals surface area contributed by atoms with Crippen molar-refractivity contribution in [2.45, 2.75) is 20.8 Å². The second-order valence-electron chi connectivity index (χ2n) is 4.29. The van der Waals surface area contributed by atoms with Crippen LogP contribution in [0.15, 0.2) is 18.5 Å². The molecule has 0 saturated heterocycles. The van der Waals surface area contributed by atoms with Gasteiger partial charge in [0.15, 0.2) is 0 Å². The van der Waals surface area contributed by atoms with Crippen molar-refractivity contribution in [3.8, 4) is 0 Å². The summed E-state index contributed by atoms with van der Waals surface area (Å²) in [6.07, 6.45) is 2.67. The third kappa shape index (κ3) is 3.55. The third-order valence-corrected chi connectivity index (χ3v) is 2.67. The van der Waals surface area contributed by atoms with Crippen LogP contribution in [0.4, 0.5) is 5.69 Å². The number of aromatic carboxylic acids is 1. The molecule has 0 fully saturated rings. The van der Waals surface area contributed by atoms with Crippen molar-refractivity contribution in [1.29, 1.82) is 0 Å². The molecular formula is C12H16N2O3. The minimum atomic E-state index is -1.06. The lowest BCUT2D eigenvalue weighted by Gasteiger charge is -2.15. The summed E-state index contributed by atoms with van der Waals surface area (Å²) < 4.78 is 0. The van der Waals surface area contributed by atoms with Gasteiger partial charge < -0.3 is 10.4 Å². The number of amides is 1. The number of carbonyl (C=O) groups is 2. The van der Waals surface area contributed by atoms with Crippen molar-refractivity contribution >= 4 is 17.6 Å². The van der Waals surface area contributed by atoms with Gasteiger partial charge in [-0.05, 0) is 12.0 Å². The van der Waals surface area contributed by atoms with Gasteiger partial charge >= 0.3 is 5.97 Å². The molecule has 0 aliphatic rings. The molecule has 1 rings (SSSR count). The lowest BCUT2D eigenvalue weighted by Crippen LogP contribution is -2.24. The number of carboxylic acids is 1. The van der Waals surface area contributed by atoms with Crippen LogP contribution < -0.4 is 5.32 Å². The fourth-order valence-electron chi connectivity index (χ4n) is 1.18. The molecule has 5 nitrogen and oxygen atoms in total. The Hall–Kier alpha value is -1.91. The molecule has 0 aliphatic heterocycles. The predicted octanol–water partition coefficient (Wildman–Crippen LogP) is 2.01. The molecule has 0 aromatic carbocycles. The van der Waals surface area contributed by atoms with Crippen LogP contribution in [0.3, 0.4) is 0 Å². The van der Waals surface area contributed by atoms with Gasteiger partial charge in [0.25, 0.3) is 0 Å². The van der Waals surface area contributed by atoms with Crippen LogP contribution in [0.1, 0.15) is 31.1 Å². The first-order chi connectivity index (χ1) is 7.91. The maximum Gasteiger partial charge on any atom is 0.337 e. The van der Waals surface area contributed by atoms with E-state index in [4.69, 9.17) is 5.11 Å². The number of nitrogens with one attached hydrogen (secondary N) is 1. The molecule has 1 aromatic rings. The topological polar surface area (TPSA) is 79.3 Å². The highest BCUT2D eigenvalue weighted by Crippen LogP contribution is 2.14. The summed E-state index contributed by atoms with van der Waals surface area (Å²) in [6.45, 7) is 5.74. The summed E-state index contributed by atoms with van der Waals surface area (Å²) in [4.78, 5) is 26.2. The van der Waals surface area contributed by atoms with Crippen LogP contribution in [0, 0.1) is 11.8 Å². The number of aromatic nitrogens is 1. The van der Waals surface area contributed by atoms with Crippen LogP contribution in [0.25, 0.3) is 0 Å². The van der Waals surface area contributed by atoms with E-state index in [0.29, 0.717) is 5.69 Å². The number of carboxylic acid groups (broad SMARTS) is 1. The Labute approximate surface area is 99.9 Å². The predicted molar refractivity (Wildman–Crippen MR) is 63.8 cm³/mol. The molecule has 1 heterocycles. The minimum absolute atomic E-state index is 0.0556. The zero-order valence-electron chi connectivity index (χ0n) is 10.1. The summed E-state index contributed by atoms with van der Waals surface area (Å²) >= 11 is 0. The van der Waals surface area contributed by atoms with Gasteiger partial charge in [0, 0.05) is 12.1 Å². The highest BCUT2D eigenvalue weighted by molar-refractivity contribution is 5.94. The summed E-state index contributed by atoms with van der Waals surface area (Å²) in [6, 6.07) is 1.39. The average Bonchev–Trinajstić information content (AvgIpc) is 2.28. The molecule has 0 radical (unpaired) electrons. The van der Waals surface area contributed by atoms with Crippen LogP contribution >= 0.6 is 0 Å². The van der Waals surface area contributed by atoms with Crippen LogP contribution in [-0.2, 0) is 4.79 Å². The quantitative estimate of drug-likeness (QED) is 0.838. The number of anilines is 1. The monoisotopic (exact) mass is 236 g/mol. The van der Waals surface area contributed by atoms with Crippen molar-refractivity contribution in [3.05, 3.63) is 24.0 Å². The molecule has 1 atom stereocenters. The van der Waals surface area contributed by atoms with E-state index in [-0.39, 0.29) is 23.3 Å². The van der Waals surface area contributed by atoms with Crippen molar-refractivity contribution < 1.29 is 14.7 Å². The molecule has 0 bridgehead atoms. The molecule has 2 N–H and O–H groups in total. The summed E-state index contributed by atoms with van der Waals surface area (Å²) in [5.41, 5.74) is 0.461. The molecule has 92 valence electrons. The van der Waals surface area contributed by atoms with Gasteiger partial charge in [0.2, 0.25) is 5.91 Å². The van der Waals surface area contributed by atoms with E-state index >= 15 is 0 Å². The lowest BCUT2D eigenvalue weighted by molar-refractivity contribution is -0.120.